The second kappa shape index (κ2) is 14.3. The van der Waals surface area contributed by atoms with Gasteiger partial charge in [-0.3, -0.25) is 4.79 Å². The molecule has 1 amide bonds. The summed E-state index contributed by atoms with van der Waals surface area (Å²) in [5.41, 5.74) is 5.45. The molecular formula is C21H39N3O2. The second-order valence-corrected chi connectivity index (χ2v) is 7.23. The maximum atomic E-state index is 11.8. The maximum absolute atomic E-state index is 11.8. The molecule has 0 fully saturated rings. The summed E-state index contributed by atoms with van der Waals surface area (Å²) in [6.45, 7) is 17.6. The zero-order chi connectivity index (χ0) is 20.8. The standard InChI is InChI=1S/C14H22N2O.C4H10.C3H7NO/c1-6-10(2)11-8-7-9-12(15-11)16-13(17)14(3,4)5;1-3-4-2;1-3(5)2-4/h7-10H,6H2,1-5H3,(H,15,16,17);3-4H2,1-2H3;5H,1-2,4H2. The van der Waals surface area contributed by atoms with Gasteiger partial charge in [-0.15, -0.1) is 0 Å². The smallest absolute Gasteiger partial charge is 0.230 e. The van der Waals surface area contributed by atoms with Crippen molar-refractivity contribution in [1.29, 1.82) is 0 Å². The number of aromatic nitrogens is 1. The van der Waals surface area contributed by atoms with E-state index in [1.165, 1.54) is 12.8 Å². The lowest BCUT2D eigenvalue weighted by Crippen LogP contribution is -2.28. The van der Waals surface area contributed by atoms with Crippen molar-refractivity contribution in [2.45, 2.75) is 73.6 Å². The number of carbonyl (C=O) groups is 1. The number of pyridine rings is 1. The zero-order valence-electron chi connectivity index (χ0n) is 17.7. The van der Waals surface area contributed by atoms with Crippen molar-refractivity contribution < 1.29 is 9.90 Å². The quantitative estimate of drug-likeness (QED) is 0.609. The lowest BCUT2D eigenvalue weighted by atomic mass is 9.96. The number of aliphatic hydroxyl groups is 1. The monoisotopic (exact) mass is 365 g/mol. The van der Waals surface area contributed by atoms with E-state index in [4.69, 9.17) is 10.8 Å². The number of nitrogens with one attached hydrogen (secondary N) is 1. The molecule has 5 nitrogen and oxygen atoms in total. The molecule has 0 aliphatic heterocycles. The maximum Gasteiger partial charge on any atom is 0.230 e. The summed E-state index contributed by atoms with van der Waals surface area (Å²) in [5, 5.41) is 10.9. The Morgan fingerprint density at radius 2 is 1.77 bits per heavy atom. The highest BCUT2D eigenvalue weighted by Crippen LogP contribution is 2.20. The molecule has 4 N–H and O–H groups in total. The van der Waals surface area contributed by atoms with Crippen LogP contribution in [0.1, 0.15) is 79.3 Å². The first-order valence-electron chi connectivity index (χ1n) is 9.38. The van der Waals surface area contributed by atoms with Crippen LogP contribution in [0.5, 0.6) is 0 Å². The van der Waals surface area contributed by atoms with Crippen molar-refractivity contribution in [2.75, 3.05) is 11.9 Å². The lowest BCUT2D eigenvalue weighted by Gasteiger charge is -2.18. The van der Waals surface area contributed by atoms with E-state index >= 15 is 0 Å². The lowest BCUT2D eigenvalue weighted by molar-refractivity contribution is -0.123. The van der Waals surface area contributed by atoms with Crippen molar-refractivity contribution in [3.8, 4) is 0 Å². The van der Waals surface area contributed by atoms with Crippen LogP contribution in [-0.2, 0) is 4.79 Å². The van der Waals surface area contributed by atoms with E-state index in [1.54, 1.807) is 0 Å². The zero-order valence-corrected chi connectivity index (χ0v) is 17.7. The second-order valence-electron chi connectivity index (χ2n) is 7.23. The molecule has 1 aromatic rings. The summed E-state index contributed by atoms with van der Waals surface area (Å²) in [4.78, 5) is 16.3. The van der Waals surface area contributed by atoms with Gasteiger partial charge in [-0.2, -0.15) is 0 Å². The molecule has 0 spiro atoms. The highest BCUT2D eigenvalue weighted by molar-refractivity contribution is 5.93. The van der Waals surface area contributed by atoms with Crippen LogP contribution in [0.25, 0.3) is 0 Å². The number of hydrogen-bond acceptors (Lipinski definition) is 4. The van der Waals surface area contributed by atoms with Crippen LogP contribution in [0.15, 0.2) is 30.5 Å². The number of anilines is 1. The number of nitrogens with two attached hydrogens (primary N) is 1. The minimum absolute atomic E-state index is 0.00805. The number of carbonyl (C=O) groups excluding carboxylic acids is 1. The van der Waals surface area contributed by atoms with E-state index in [0.717, 1.165) is 12.1 Å². The van der Waals surface area contributed by atoms with Crippen molar-refractivity contribution in [2.24, 2.45) is 11.1 Å². The molecule has 150 valence electrons. The Bertz CT molecular complexity index is 520. The van der Waals surface area contributed by atoms with E-state index < -0.39 is 5.41 Å². The fourth-order valence-corrected chi connectivity index (χ4v) is 1.31. The molecule has 26 heavy (non-hydrogen) atoms. The van der Waals surface area contributed by atoms with Gasteiger partial charge in [-0.1, -0.05) is 74.0 Å². The number of hydrogen-bond donors (Lipinski definition) is 3. The van der Waals surface area contributed by atoms with Gasteiger partial charge in [0.25, 0.3) is 0 Å². The fraction of sp³-hybridized carbons (Fsp3) is 0.619. The summed E-state index contributed by atoms with van der Waals surface area (Å²) in [6.07, 6.45) is 3.68. The fourth-order valence-electron chi connectivity index (χ4n) is 1.31. The molecule has 0 saturated heterocycles. The molecule has 1 unspecified atom stereocenters. The first-order chi connectivity index (χ1) is 12.0. The molecule has 1 atom stereocenters. The van der Waals surface area contributed by atoms with Crippen molar-refractivity contribution in [1.82, 2.24) is 4.98 Å². The molecule has 0 aliphatic rings. The van der Waals surface area contributed by atoms with Gasteiger partial charge in [-0.25, -0.2) is 4.98 Å². The Morgan fingerprint density at radius 1 is 1.27 bits per heavy atom. The summed E-state index contributed by atoms with van der Waals surface area (Å²) < 4.78 is 0. The van der Waals surface area contributed by atoms with Gasteiger partial charge in [0.15, 0.2) is 0 Å². The number of amides is 1. The van der Waals surface area contributed by atoms with Crippen molar-refractivity contribution in [3.63, 3.8) is 0 Å². The molecule has 1 aromatic heterocycles. The van der Waals surface area contributed by atoms with Gasteiger partial charge in [0.05, 0.1) is 12.3 Å². The largest absolute Gasteiger partial charge is 0.512 e. The van der Waals surface area contributed by atoms with Gasteiger partial charge in [0.2, 0.25) is 5.91 Å². The predicted octanol–water partition coefficient (Wildman–Crippen LogP) is 5.40. The number of nitrogens with zero attached hydrogens (tertiary/aromatic N) is 1. The van der Waals surface area contributed by atoms with Crippen molar-refractivity contribution in [3.05, 3.63) is 36.2 Å². The van der Waals surface area contributed by atoms with Gasteiger partial charge in [-0.05, 0) is 24.5 Å². The highest BCUT2D eigenvalue weighted by atomic mass is 16.3. The van der Waals surface area contributed by atoms with E-state index in [2.05, 4.69) is 44.6 Å². The van der Waals surface area contributed by atoms with Crippen LogP contribution in [0.2, 0.25) is 0 Å². The first-order valence-corrected chi connectivity index (χ1v) is 9.38. The molecule has 1 rings (SSSR count). The normalized spacial score (nSPS) is 11.2. The van der Waals surface area contributed by atoms with Crippen LogP contribution in [0, 0.1) is 5.41 Å². The number of aliphatic hydroxyl groups excluding tert-OH is 1. The van der Waals surface area contributed by atoms with Crippen LogP contribution < -0.4 is 11.1 Å². The Morgan fingerprint density at radius 3 is 2.12 bits per heavy atom. The average Bonchev–Trinajstić information content (AvgIpc) is 2.61. The average molecular weight is 366 g/mol. The van der Waals surface area contributed by atoms with Crippen LogP contribution in [0.3, 0.4) is 0 Å². The first kappa shape index (κ1) is 26.4. The highest BCUT2D eigenvalue weighted by Gasteiger charge is 2.21. The summed E-state index contributed by atoms with van der Waals surface area (Å²) in [6, 6.07) is 5.77. The van der Waals surface area contributed by atoms with Crippen molar-refractivity contribution >= 4 is 11.7 Å². The Balaban J connectivity index is 0. The van der Waals surface area contributed by atoms with E-state index in [9.17, 15) is 4.79 Å². The molecule has 0 aromatic carbocycles. The van der Waals surface area contributed by atoms with Crippen LogP contribution >= 0.6 is 0 Å². The molecule has 0 radical (unpaired) electrons. The molecule has 1 heterocycles. The van der Waals surface area contributed by atoms with Crippen LogP contribution in [0.4, 0.5) is 5.82 Å². The summed E-state index contributed by atoms with van der Waals surface area (Å²) in [5.74, 6) is 1.08. The van der Waals surface area contributed by atoms with Gasteiger partial charge in [0.1, 0.15) is 5.82 Å². The van der Waals surface area contributed by atoms with Gasteiger partial charge < -0.3 is 16.2 Å². The van der Waals surface area contributed by atoms with E-state index in [-0.39, 0.29) is 18.2 Å². The Kier molecular flexibility index (Phi) is 14.5. The molecule has 0 bridgehead atoms. The third kappa shape index (κ3) is 13.4. The predicted molar refractivity (Wildman–Crippen MR) is 112 cm³/mol. The molecule has 0 aliphatic carbocycles. The summed E-state index contributed by atoms with van der Waals surface area (Å²) >= 11 is 0. The summed E-state index contributed by atoms with van der Waals surface area (Å²) in [7, 11) is 0. The Hall–Kier alpha value is -1.88. The van der Waals surface area contributed by atoms with Gasteiger partial charge >= 0.3 is 0 Å². The van der Waals surface area contributed by atoms with Gasteiger partial charge in [0, 0.05) is 11.1 Å². The number of rotatable bonds is 5. The van der Waals surface area contributed by atoms with E-state index in [1.807, 2.05) is 39.0 Å². The third-order valence-corrected chi connectivity index (χ3v) is 3.55. The third-order valence-electron chi connectivity index (χ3n) is 3.55. The molecular weight excluding hydrogens is 326 g/mol. The minimum Gasteiger partial charge on any atom is -0.512 e. The number of unbranched alkanes of at least 4 members (excludes halogenated alkanes) is 1. The molecule has 5 heteroatoms. The Labute approximate surface area is 160 Å². The topological polar surface area (TPSA) is 88.2 Å². The molecule has 0 saturated carbocycles. The van der Waals surface area contributed by atoms with Crippen LogP contribution in [-0.4, -0.2) is 22.5 Å². The van der Waals surface area contributed by atoms with E-state index in [0.29, 0.717) is 11.7 Å². The minimum atomic E-state index is -0.395. The SMILES string of the molecule is C=C(O)CN.CCC(C)c1cccc(NC(=O)C(C)(C)C)n1.CCCC.